The number of H-pyrrole nitrogens is 1. The molecule has 1 rings (SSSR count). The predicted octanol–water partition coefficient (Wildman–Crippen LogP) is 3.82. The van der Waals surface area contributed by atoms with Gasteiger partial charge in [-0.05, 0) is 31.0 Å². The third kappa shape index (κ3) is 6.97. The third-order valence-corrected chi connectivity index (χ3v) is 4.00. The predicted molar refractivity (Wildman–Crippen MR) is 96.2 cm³/mol. The highest BCUT2D eigenvalue weighted by molar-refractivity contribution is 7.71. The standard InChI is InChI=1S/C17H31N3O2S/c1-5-7-8-14(10-15(21)12-22-11-13(3)4)16-18-19-17(23)20(16)9-6-2/h6,13-15,21H,2,5,7-12H2,1,3-4H3,(H,19,23)/t14-,15-/m0/s1. The molecule has 0 aliphatic carbocycles. The fraction of sp³-hybridized carbons (Fsp3) is 0.765. The minimum absolute atomic E-state index is 0.167. The fourth-order valence-corrected chi connectivity index (χ4v) is 2.80. The molecule has 0 spiro atoms. The molecule has 1 aromatic heterocycles. The first-order valence-corrected chi connectivity index (χ1v) is 8.92. The largest absolute Gasteiger partial charge is 0.391 e. The maximum atomic E-state index is 10.3. The van der Waals surface area contributed by atoms with Crippen LogP contribution in [0.4, 0.5) is 0 Å². The molecular weight excluding hydrogens is 310 g/mol. The topological polar surface area (TPSA) is 63.1 Å². The molecule has 1 heterocycles. The zero-order valence-electron chi connectivity index (χ0n) is 14.6. The van der Waals surface area contributed by atoms with Crippen LogP contribution in [0.2, 0.25) is 0 Å². The number of rotatable bonds is 12. The van der Waals surface area contributed by atoms with E-state index in [1.807, 2.05) is 10.6 Å². The van der Waals surface area contributed by atoms with Crippen molar-refractivity contribution < 1.29 is 9.84 Å². The Morgan fingerprint density at radius 1 is 1.43 bits per heavy atom. The lowest BCUT2D eigenvalue weighted by Crippen LogP contribution is -2.22. The van der Waals surface area contributed by atoms with Gasteiger partial charge in [-0.15, -0.1) is 6.58 Å². The monoisotopic (exact) mass is 341 g/mol. The number of aliphatic hydroxyl groups excluding tert-OH is 1. The smallest absolute Gasteiger partial charge is 0.195 e. The van der Waals surface area contributed by atoms with Crippen molar-refractivity contribution in [2.75, 3.05) is 13.2 Å². The molecule has 0 bridgehead atoms. The zero-order chi connectivity index (χ0) is 17.2. The fourth-order valence-electron chi connectivity index (χ4n) is 2.59. The summed E-state index contributed by atoms with van der Waals surface area (Å²) in [6.07, 6.45) is 5.15. The van der Waals surface area contributed by atoms with Crippen LogP contribution in [0.3, 0.4) is 0 Å². The van der Waals surface area contributed by atoms with E-state index in [0.717, 1.165) is 25.1 Å². The molecule has 0 amide bonds. The number of aromatic amines is 1. The van der Waals surface area contributed by atoms with Crippen LogP contribution < -0.4 is 0 Å². The molecule has 1 aromatic rings. The van der Waals surface area contributed by atoms with Gasteiger partial charge in [0.1, 0.15) is 5.82 Å². The lowest BCUT2D eigenvalue weighted by Gasteiger charge is -2.20. The van der Waals surface area contributed by atoms with Gasteiger partial charge < -0.3 is 14.4 Å². The second-order valence-corrected chi connectivity index (χ2v) is 6.83. The number of hydrogen-bond donors (Lipinski definition) is 2. The Labute approximate surface area is 144 Å². The molecule has 5 nitrogen and oxygen atoms in total. The van der Waals surface area contributed by atoms with E-state index >= 15 is 0 Å². The van der Waals surface area contributed by atoms with E-state index in [1.54, 1.807) is 0 Å². The molecule has 0 fully saturated rings. The summed E-state index contributed by atoms with van der Waals surface area (Å²) in [5.41, 5.74) is 0. The van der Waals surface area contributed by atoms with Crippen LogP contribution in [-0.2, 0) is 11.3 Å². The van der Waals surface area contributed by atoms with Crippen molar-refractivity contribution in [1.29, 1.82) is 0 Å². The Morgan fingerprint density at radius 3 is 2.78 bits per heavy atom. The molecule has 2 N–H and O–H groups in total. The average Bonchev–Trinajstić information content (AvgIpc) is 2.85. The second kappa shape index (κ2) is 10.7. The van der Waals surface area contributed by atoms with E-state index < -0.39 is 6.10 Å². The van der Waals surface area contributed by atoms with Gasteiger partial charge in [0, 0.05) is 19.1 Å². The van der Waals surface area contributed by atoms with Crippen LogP contribution in [0.15, 0.2) is 12.7 Å². The maximum absolute atomic E-state index is 10.3. The number of hydrogen-bond acceptors (Lipinski definition) is 4. The highest BCUT2D eigenvalue weighted by Gasteiger charge is 2.21. The molecule has 6 heteroatoms. The Bertz CT molecular complexity index is 510. The second-order valence-electron chi connectivity index (χ2n) is 6.45. The van der Waals surface area contributed by atoms with Crippen molar-refractivity contribution in [2.45, 2.75) is 65.0 Å². The lowest BCUT2D eigenvalue weighted by atomic mass is 9.94. The SMILES string of the molecule is C=CCn1c([C@@H](CCCC)C[C@H](O)COCC(C)C)n[nH]c1=S. The minimum Gasteiger partial charge on any atom is -0.391 e. The number of nitrogens with one attached hydrogen (secondary N) is 1. The molecule has 0 unspecified atom stereocenters. The van der Waals surface area contributed by atoms with Crippen molar-refractivity contribution in [3.63, 3.8) is 0 Å². The first kappa shape index (κ1) is 20.1. The molecule has 0 radical (unpaired) electrons. The average molecular weight is 342 g/mol. The van der Waals surface area contributed by atoms with E-state index in [1.165, 1.54) is 0 Å². The summed E-state index contributed by atoms with van der Waals surface area (Å²) >= 11 is 5.29. The first-order chi connectivity index (χ1) is 11.0. The summed E-state index contributed by atoms with van der Waals surface area (Å²) < 4.78 is 8.13. The van der Waals surface area contributed by atoms with Gasteiger partial charge >= 0.3 is 0 Å². The summed E-state index contributed by atoms with van der Waals surface area (Å²) in [7, 11) is 0. The summed E-state index contributed by atoms with van der Waals surface area (Å²) in [6.45, 7) is 11.8. The number of aromatic nitrogens is 3. The van der Waals surface area contributed by atoms with Crippen molar-refractivity contribution in [2.24, 2.45) is 5.92 Å². The van der Waals surface area contributed by atoms with Gasteiger partial charge in [-0.25, -0.2) is 0 Å². The highest BCUT2D eigenvalue weighted by atomic mass is 32.1. The molecule has 0 aromatic carbocycles. The molecule has 0 saturated carbocycles. The number of aliphatic hydroxyl groups is 1. The van der Waals surface area contributed by atoms with Gasteiger partial charge in [0.05, 0.1) is 12.7 Å². The van der Waals surface area contributed by atoms with Gasteiger partial charge in [-0.3, -0.25) is 5.10 Å². The number of nitrogens with zero attached hydrogens (tertiary/aromatic N) is 2. The van der Waals surface area contributed by atoms with E-state index in [9.17, 15) is 5.11 Å². The van der Waals surface area contributed by atoms with Crippen molar-refractivity contribution in [1.82, 2.24) is 14.8 Å². The Hall–Kier alpha value is -0.980. The first-order valence-electron chi connectivity index (χ1n) is 8.51. The molecule has 2 atom stereocenters. The van der Waals surface area contributed by atoms with Crippen molar-refractivity contribution in [3.8, 4) is 0 Å². The Morgan fingerprint density at radius 2 is 2.17 bits per heavy atom. The minimum atomic E-state index is -0.488. The van der Waals surface area contributed by atoms with Gasteiger partial charge in [0.25, 0.3) is 0 Å². The van der Waals surface area contributed by atoms with Crippen LogP contribution in [0.25, 0.3) is 0 Å². The summed E-state index contributed by atoms with van der Waals surface area (Å²) in [5, 5.41) is 17.6. The highest BCUT2D eigenvalue weighted by Crippen LogP contribution is 2.26. The Balaban J connectivity index is 2.75. The maximum Gasteiger partial charge on any atom is 0.195 e. The van der Waals surface area contributed by atoms with E-state index in [2.05, 4.69) is 37.5 Å². The van der Waals surface area contributed by atoms with Gasteiger partial charge in [0.2, 0.25) is 0 Å². The number of allylic oxidation sites excluding steroid dienone is 1. The van der Waals surface area contributed by atoms with E-state index in [-0.39, 0.29) is 5.92 Å². The Kier molecular flexibility index (Phi) is 9.36. The van der Waals surface area contributed by atoms with E-state index in [4.69, 9.17) is 17.0 Å². The summed E-state index contributed by atoms with van der Waals surface area (Å²) in [5.74, 6) is 1.55. The zero-order valence-corrected chi connectivity index (χ0v) is 15.4. The third-order valence-electron chi connectivity index (χ3n) is 3.69. The van der Waals surface area contributed by atoms with Gasteiger partial charge in [-0.1, -0.05) is 39.7 Å². The number of unbranched alkanes of at least 4 members (excludes halogenated alkanes) is 1. The lowest BCUT2D eigenvalue weighted by molar-refractivity contribution is 0.0178. The molecular formula is C17H31N3O2S. The molecule has 23 heavy (non-hydrogen) atoms. The van der Waals surface area contributed by atoms with E-state index in [0.29, 0.717) is 36.9 Å². The normalized spacial score (nSPS) is 14.1. The van der Waals surface area contributed by atoms with Crippen LogP contribution in [0.5, 0.6) is 0 Å². The molecule has 0 aliphatic rings. The van der Waals surface area contributed by atoms with Crippen LogP contribution in [0.1, 0.15) is 58.2 Å². The molecule has 132 valence electrons. The van der Waals surface area contributed by atoms with Crippen molar-refractivity contribution >= 4 is 12.2 Å². The quantitative estimate of drug-likeness (QED) is 0.448. The van der Waals surface area contributed by atoms with Crippen molar-refractivity contribution in [3.05, 3.63) is 23.3 Å². The number of ether oxygens (including phenoxy) is 1. The van der Waals surface area contributed by atoms with Crippen LogP contribution >= 0.6 is 12.2 Å². The van der Waals surface area contributed by atoms with Crippen LogP contribution in [0, 0.1) is 10.7 Å². The molecule has 0 saturated heterocycles. The summed E-state index contributed by atoms with van der Waals surface area (Å²) in [6, 6.07) is 0. The van der Waals surface area contributed by atoms with Gasteiger partial charge in [0.15, 0.2) is 4.77 Å². The van der Waals surface area contributed by atoms with Crippen LogP contribution in [-0.4, -0.2) is 39.2 Å². The molecule has 0 aliphatic heterocycles. The van der Waals surface area contributed by atoms with Gasteiger partial charge in [-0.2, -0.15) is 5.10 Å². The summed E-state index contributed by atoms with van der Waals surface area (Å²) in [4.78, 5) is 0.